The van der Waals surface area contributed by atoms with E-state index >= 15 is 0 Å². The van der Waals surface area contributed by atoms with Gasteiger partial charge in [0, 0.05) is 31.2 Å². The van der Waals surface area contributed by atoms with Gasteiger partial charge in [0.05, 0.1) is 0 Å². The molecule has 0 radical (unpaired) electrons. The van der Waals surface area contributed by atoms with E-state index in [0.29, 0.717) is 0 Å². The molecule has 0 bridgehead atoms. The molecule has 0 spiro atoms. The molecule has 2 aliphatic carbocycles. The van der Waals surface area contributed by atoms with Crippen LogP contribution in [0.4, 0.5) is 0 Å². The van der Waals surface area contributed by atoms with Gasteiger partial charge in [-0.2, -0.15) is 0 Å². The van der Waals surface area contributed by atoms with Gasteiger partial charge in [0.2, 0.25) is 0 Å². The van der Waals surface area contributed by atoms with Crippen molar-refractivity contribution in [2.45, 2.75) is 77.4 Å². The highest BCUT2D eigenvalue weighted by molar-refractivity contribution is 4.97. The van der Waals surface area contributed by atoms with Crippen LogP contribution in [0.2, 0.25) is 0 Å². The van der Waals surface area contributed by atoms with Crippen LogP contribution in [0.15, 0.2) is 0 Å². The zero-order valence-electron chi connectivity index (χ0n) is 13.1. The van der Waals surface area contributed by atoms with Crippen molar-refractivity contribution in [2.24, 2.45) is 17.8 Å². The molecule has 2 heteroatoms. The van der Waals surface area contributed by atoms with Gasteiger partial charge in [-0.3, -0.25) is 4.90 Å². The Kier molecular flexibility index (Phi) is 4.19. The average Bonchev–Trinajstić information content (AvgIpc) is 3.22. The van der Waals surface area contributed by atoms with Gasteiger partial charge >= 0.3 is 0 Å². The minimum absolute atomic E-state index is 0.788. The van der Waals surface area contributed by atoms with Crippen LogP contribution in [-0.4, -0.2) is 36.1 Å². The maximum Gasteiger partial charge on any atom is 0.0224 e. The summed E-state index contributed by atoms with van der Waals surface area (Å²) in [7, 11) is 0. The topological polar surface area (TPSA) is 15.3 Å². The molecule has 3 aliphatic rings. The lowest BCUT2D eigenvalue weighted by Crippen LogP contribution is -2.61. The number of piperazine rings is 1. The number of hydrogen-bond acceptors (Lipinski definition) is 2. The summed E-state index contributed by atoms with van der Waals surface area (Å²) in [6.07, 6.45) is 8.58. The molecule has 1 saturated heterocycles. The van der Waals surface area contributed by atoms with Crippen LogP contribution in [0.25, 0.3) is 0 Å². The Labute approximate surface area is 119 Å². The lowest BCUT2D eigenvalue weighted by molar-refractivity contribution is 0.0210. The van der Waals surface area contributed by atoms with E-state index in [2.05, 4.69) is 31.0 Å². The Morgan fingerprint density at radius 1 is 1.11 bits per heavy atom. The molecule has 110 valence electrons. The maximum absolute atomic E-state index is 3.83. The van der Waals surface area contributed by atoms with Crippen LogP contribution in [-0.2, 0) is 0 Å². The van der Waals surface area contributed by atoms with Crippen molar-refractivity contribution in [1.29, 1.82) is 0 Å². The summed E-state index contributed by atoms with van der Waals surface area (Å²) in [5.74, 6) is 2.85. The highest BCUT2D eigenvalue weighted by Gasteiger charge is 2.41. The van der Waals surface area contributed by atoms with E-state index in [4.69, 9.17) is 0 Å². The molecule has 5 unspecified atom stereocenters. The molecule has 0 amide bonds. The third-order valence-corrected chi connectivity index (χ3v) is 5.97. The Morgan fingerprint density at radius 2 is 1.89 bits per heavy atom. The zero-order chi connectivity index (χ0) is 13.4. The summed E-state index contributed by atoms with van der Waals surface area (Å²) in [4.78, 5) is 2.91. The fraction of sp³-hybridized carbons (Fsp3) is 1.00. The molecule has 1 aliphatic heterocycles. The molecule has 1 heterocycles. The minimum Gasteiger partial charge on any atom is -0.311 e. The normalized spacial score (nSPS) is 45.3. The summed E-state index contributed by atoms with van der Waals surface area (Å²) in [5.41, 5.74) is 0. The standard InChI is InChI=1S/C17H32N2/c1-4-15-10-18-16(14-6-7-14)11-19(15)17-8-5-12(2)9-13(17)3/h12-18H,4-11H2,1-3H3. The van der Waals surface area contributed by atoms with Crippen LogP contribution in [0, 0.1) is 17.8 Å². The Bertz CT molecular complexity index is 300. The molecule has 3 rings (SSSR count). The average molecular weight is 264 g/mol. The molecular formula is C17H32N2. The van der Waals surface area contributed by atoms with Crippen LogP contribution in [0.1, 0.15) is 59.3 Å². The number of hydrogen-bond donors (Lipinski definition) is 1. The van der Waals surface area contributed by atoms with E-state index in [0.717, 1.165) is 35.9 Å². The number of nitrogens with zero attached hydrogens (tertiary/aromatic N) is 1. The highest BCUT2D eigenvalue weighted by Crippen LogP contribution is 2.38. The van der Waals surface area contributed by atoms with Crippen LogP contribution in [0.3, 0.4) is 0 Å². The van der Waals surface area contributed by atoms with Crippen molar-refractivity contribution < 1.29 is 0 Å². The Balaban J connectivity index is 1.67. The molecule has 5 atom stereocenters. The van der Waals surface area contributed by atoms with Crippen molar-refractivity contribution in [3.8, 4) is 0 Å². The molecule has 0 aromatic rings. The van der Waals surface area contributed by atoms with Gasteiger partial charge in [0.25, 0.3) is 0 Å². The molecule has 0 aromatic heterocycles. The van der Waals surface area contributed by atoms with Crippen molar-refractivity contribution in [3.05, 3.63) is 0 Å². The number of nitrogens with one attached hydrogen (secondary N) is 1. The van der Waals surface area contributed by atoms with Gasteiger partial charge in [0.1, 0.15) is 0 Å². The van der Waals surface area contributed by atoms with Gasteiger partial charge in [-0.05, 0) is 56.3 Å². The van der Waals surface area contributed by atoms with E-state index in [9.17, 15) is 0 Å². The van der Waals surface area contributed by atoms with Gasteiger partial charge in [-0.25, -0.2) is 0 Å². The molecule has 19 heavy (non-hydrogen) atoms. The monoisotopic (exact) mass is 264 g/mol. The lowest BCUT2D eigenvalue weighted by atomic mass is 9.78. The largest absolute Gasteiger partial charge is 0.311 e. The van der Waals surface area contributed by atoms with Crippen molar-refractivity contribution in [2.75, 3.05) is 13.1 Å². The third-order valence-electron chi connectivity index (χ3n) is 5.97. The fourth-order valence-corrected chi connectivity index (χ4v) is 4.59. The SMILES string of the molecule is CCC1CNC(C2CC2)CN1C1CCC(C)CC1C. The molecule has 2 saturated carbocycles. The lowest BCUT2D eigenvalue weighted by Gasteiger charge is -2.49. The van der Waals surface area contributed by atoms with Crippen LogP contribution in [0.5, 0.6) is 0 Å². The molecular weight excluding hydrogens is 232 g/mol. The summed E-state index contributed by atoms with van der Waals surface area (Å²) >= 11 is 0. The predicted octanol–water partition coefficient (Wildman–Crippen LogP) is 3.27. The molecule has 2 nitrogen and oxygen atoms in total. The first-order valence-corrected chi connectivity index (χ1v) is 8.68. The van der Waals surface area contributed by atoms with Gasteiger partial charge in [-0.1, -0.05) is 20.8 Å². The van der Waals surface area contributed by atoms with E-state index in [1.807, 2.05) is 0 Å². The summed E-state index contributed by atoms with van der Waals surface area (Å²) < 4.78 is 0. The smallest absolute Gasteiger partial charge is 0.0224 e. The first-order valence-electron chi connectivity index (χ1n) is 8.68. The van der Waals surface area contributed by atoms with E-state index in [1.54, 1.807) is 0 Å². The zero-order valence-corrected chi connectivity index (χ0v) is 13.1. The van der Waals surface area contributed by atoms with Crippen molar-refractivity contribution in [3.63, 3.8) is 0 Å². The Hall–Kier alpha value is -0.0800. The first-order chi connectivity index (χ1) is 9.19. The number of rotatable bonds is 3. The van der Waals surface area contributed by atoms with E-state index < -0.39 is 0 Å². The van der Waals surface area contributed by atoms with Gasteiger partial charge < -0.3 is 5.32 Å². The minimum atomic E-state index is 0.788. The second-order valence-electron chi connectivity index (χ2n) is 7.57. The first kappa shape index (κ1) is 13.9. The van der Waals surface area contributed by atoms with Crippen LogP contribution >= 0.6 is 0 Å². The molecule has 0 aromatic carbocycles. The second kappa shape index (κ2) is 5.73. The predicted molar refractivity (Wildman–Crippen MR) is 81.3 cm³/mol. The van der Waals surface area contributed by atoms with Gasteiger partial charge in [-0.15, -0.1) is 0 Å². The fourth-order valence-electron chi connectivity index (χ4n) is 4.59. The van der Waals surface area contributed by atoms with E-state index in [-0.39, 0.29) is 0 Å². The summed E-state index contributed by atoms with van der Waals surface area (Å²) in [5, 5.41) is 3.83. The van der Waals surface area contributed by atoms with Crippen molar-refractivity contribution in [1.82, 2.24) is 10.2 Å². The Morgan fingerprint density at radius 3 is 2.53 bits per heavy atom. The quantitative estimate of drug-likeness (QED) is 0.841. The molecule has 1 N–H and O–H groups in total. The third kappa shape index (κ3) is 3.00. The van der Waals surface area contributed by atoms with Crippen LogP contribution < -0.4 is 5.32 Å². The molecule has 3 fully saturated rings. The highest BCUT2D eigenvalue weighted by atomic mass is 15.3. The van der Waals surface area contributed by atoms with Crippen molar-refractivity contribution >= 4 is 0 Å². The summed E-state index contributed by atoms with van der Waals surface area (Å²) in [6, 6.07) is 2.45. The maximum atomic E-state index is 3.83. The van der Waals surface area contributed by atoms with E-state index in [1.165, 1.54) is 51.6 Å². The summed E-state index contributed by atoms with van der Waals surface area (Å²) in [6.45, 7) is 9.87. The van der Waals surface area contributed by atoms with Gasteiger partial charge in [0.15, 0.2) is 0 Å². The second-order valence-corrected chi connectivity index (χ2v) is 7.57.